The molecule has 11 heteroatoms. The van der Waals surface area contributed by atoms with Crippen LogP contribution in [0, 0.1) is 11.8 Å². The number of anilines is 1. The summed E-state index contributed by atoms with van der Waals surface area (Å²) < 4.78 is 44.7. The van der Waals surface area contributed by atoms with Crippen LogP contribution in [0.1, 0.15) is 42.6 Å². The van der Waals surface area contributed by atoms with Gasteiger partial charge in [-0.2, -0.15) is 0 Å². The fourth-order valence-corrected chi connectivity index (χ4v) is 9.26. The minimum atomic E-state index is -3.33. The first-order valence-corrected chi connectivity index (χ1v) is 21.9. The highest BCUT2D eigenvalue weighted by atomic mass is 32.2. The van der Waals surface area contributed by atoms with E-state index in [1.807, 2.05) is 54.6 Å². The molecular weight excluding hydrogens is 737 g/mol. The minimum absolute atomic E-state index is 0.165. The molecule has 0 spiro atoms. The van der Waals surface area contributed by atoms with Crippen molar-refractivity contribution < 1.29 is 29.2 Å². The third-order valence-corrected chi connectivity index (χ3v) is 13.2. The highest BCUT2D eigenvalue weighted by molar-refractivity contribution is 7.90. The van der Waals surface area contributed by atoms with Crippen LogP contribution in [0.4, 0.5) is 5.69 Å². The van der Waals surface area contributed by atoms with E-state index < -0.39 is 9.84 Å². The first-order valence-electron chi connectivity index (χ1n) is 20.5. The molecule has 298 valence electrons. The second kappa shape index (κ2) is 16.4. The number of hydrogen-bond donors (Lipinski definition) is 2. The molecule has 0 aliphatic carbocycles. The molecule has 1 amide bonds. The summed E-state index contributed by atoms with van der Waals surface area (Å²) >= 11 is 0. The Bertz CT molecular complexity index is 2380. The zero-order valence-electron chi connectivity index (χ0n) is 33.9. The highest BCUT2D eigenvalue weighted by Gasteiger charge is 2.31. The number of nitrogens with one attached hydrogen (secondary N) is 1. The molecule has 0 saturated carbocycles. The monoisotopic (exact) mass is 789 g/mol. The summed E-state index contributed by atoms with van der Waals surface area (Å²) in [4.78, 5) is 20.2. The van der Waals surface area contributed by atoms with Crippen LogP contribution < -0.4 is 19.7 Å². The number of fused-ring (bicyclic) bond motifs is 2. The van der Waals surface area contributed by atoms with E-state index in [1.165, 1.54) is 6.26 Å². The number of likely N-dealkylation sites (tertiary alicyclic amines) is 1. The lowest BCUT2D eigenvalue weighted by atomic mass is 9.81. The van der Waals surface area contributed by atoms with Crippen LogP contribution >= 0.6 is 0 Å². The highest BCUT2D eigenvalue weighted by Crippen LogP contribution is 2.41. The van der Waals surface area contributed by atoms with Crippen LogP contribution in [0.3, 0.4) is 0 Å². The number of rotatable bonds is 12. The SMILES string of the molecule is [2H]N1Cc2ccc(N3CCN(CCN4C[C@@H](C)C(CCOc5ccc(Oc6c(-c7ccc(S(C)(=O)=O)cc7)ccc7cc(O)ccc67)cc5)C[C@H]4C)CC3)cc2C1=O. The van der Waals surface area contributed by atoms with E-state index in [9.17, 15) is 18.3 Å². The molecule has 10 nitrogen and oxygen atoms in total. The predicted octanol–water partition coefficient (Wildman–Crippen LogP) is 7.59. The maximum absolute atomic E-state index is 12.3. The topological polar surface area (TPSA) is 112 Å². The summed E-state index contributed by atoms with van der Waals surface area (Å²) in [5.74, 6) is 3.17. The van der Waals surface area contributed by atoms with Gasteiger partial charge in [0.2, 0.25) is 0 Å². The molecule has 0 radical (unpaired) electrons. The summed E-state index contributed by atoms with van der Waals surface area (Å²) in [6.45, 7) is 12.8. The van der Waals surface area contributed by atoms with E-state index in [4.69, 9.17) is 10.9 Å². The molecule has 8 rings (SSSR count). The number of sulfone groups is 1. The number of hydrogen-bond acceptors (Lipinski definition) is 9. The average molecular weight is 790 g/mol. The molecule has 3 atom stereocenters. The van der Waals surface area contributed by atoms with E-state index in [0.717, 1.165) is 103 Å². The van der Waals surface area contributed by atoms with Crippen molar-refractivity contribution in [1.29, 1.82) is 0 Å². The van der Waals surface area contributed by atoms with Gasteiger partial charge < -0.3 is 24.8 Å². The summed E-state index contributed by atoms with van der Waals surface area (Å²) in [6.07, 6.45) is 3.35. The lowest BCUT2D eigenvalue weighted by molar-refractivity contribution is 0.0579. The second-order valence-corrected chi connectivity index (χ2v) is 18.0. The standard InChI is InChI=1S/C46H52N4O6S/c1-31-30-50(24-21-48-19-22-49(23-20-48)37-8-4-36-29-47-46(52)44(36)28-37)32(2)26-34(31)18-25-55-39-10-12-40(13-11-39)56-45-42(16-7-35-27-38(51)9-17-43(35)45)33-5-14-41(15-6-33)57(3,53)54/h4-17,27-28,31-32,34,51H,18-26,29-30H2,1-3H3,(H,47,52)/t31-,32-,34?/m1/s1/i/hD. The molecule has 0 bridgehead atoms. The smallest absolute Gasteiger partial charge is 0.251 e. The van der Waals surface area contributed by atoms with Crippen molar-refractivity contribution in [2.75, 3.05) is 63.6 Å². The molecule has 5 aromatic carbocycles. The van der Waals surface area contributed by atoms with Crippen molar-refractivity contribution in [3.05, 3.63) is 108 Å². The Kier molecular flexibility index (Phi) is 10.8. The van der Waals surface area contributed by atoms with Gasteiger partial charge in [0.1, 0.15) is 23.0 Å². The van der Waals surface area contributed by atoms with Gasteiger partial charge in [0, 0.05) is 86.9 Å². The number of nitrogens with zero attached hydrogens (tertiary/aromatic N) is 3. The minimum Gasteiger partial charge on any atom is -0.508 e. The molecule has 5 aromatic rings. The first kappa shape index (κ1) is 37.5. The first-order chi connectivity index (χ1) is 27.9. The number of aromatic hydroxyl groups is 1. The fraction of sp³-hybridized carbons (Fsp3) is 0.370. The number of ether oxygens (including phenoxy) is 2. The molecule has 0 aromatic heterocycles. The van der Waals surface area contributed by atoms with Gasteiger partial charge in [-0.1, -0.05) is 31.2 Å². The maximum atomic E-state index is 12.3. The summed E-state index contributed by atoms with van der Waals surface area (Å²) in [5, 5.41) is 12.8. The Morgan fingerprint density at radius 2 is 1.61 bits per heavy atom. The van der Waals surface area contributed by atoms with Crippen LogP contribution in [0.2, 0.25) is 1.41 Å². The van der Waals surface area contributed by atoms with Gasteiger partial charge in [-0.25, -0.2) is 8.42 Å². The van der Waals surface area contributed by atoms with Gasteiger partial charge in [-0.15, -0.1) is 0 Å². The zero-order chi connectivity index (χ0) is 40.6. The largest absolute Gasteiger partial charge is 0.508 e. The number of piperazine rings is 1. The number of carbonyl (C=O) groups is 1. The van der Waals surface area contributed by atoms with Crippen LogP contribution in [-0.2, 0) is 16.4 Å². The third kappa shape index (κ3) is 8.76. The Morgan fingerprint density at radius 3 is 2.37 bits per heavy atom. The summed E-state index contributed by atoms with van der Waals surface area (Å²) in [6, 6.07) is 30.0. The molecule has 2 saturated heterocycles. The van der Waals surface area contributed by atoms with Crippen molar-refractivity contribution in [3.63, 3.8) is 0 Å². The fourth-order valence-electron chi connectivity index (χ4n) is 8.63. The molecular formula is C46H52N4O6S. The third-order valence-electron chi connectivity index (χ3n) is 12.1. The van der Waals surface area contributed by atoms with E-state index >= 15 is 0 Å². The van der Waals surface area contributed by atoms with Crippen molar-refractivity contribution >= 4 is 32.2 Å². The quantitative estimate of drug-likeness (QED) is 0.132. The number of phenols is 1. The number of piperidine rings is 1. The number of phenolic OH excluding ortho intramolecular Hbond substituents is 1. The molecule has 3 aliphatic heterocycles. The molecule has 57 heavy (non-hydrogen) atoms. The molecule has 2 N–H and O–H groups in total. The Balaban J connectivity index is 0.813. The van der Waals surface area contributed by atoms with Crippen molar-refractivity contribution in [3.8, 4) is 34.1 Å². The molecule has 3 heterocycles. The van der Waals surface area contributed by atoms with Crippen molar-refractivity contribution in [1.82, 2.24) is 15.1 Å². The number of benzene rings is 5. The van der Waals surface area contributed by atoms with Gasteiger partial charge in [0.15, 0.2) is 11.2 Å². The van der Waals surface area contributed by atoms with E-state index in [0.29, 0.717) is 48.1 Å². The average Bonchev–Trinajstić information content (AvgIpc) is 3.50. The Labute approximate surface area is 337 Å². The van der Waals surface area contributed by atoms with Gasteiger partial charge in [-0.3, -0.25) is 14.6 Å². The Morgan fingerprint density at radius 1 is 0.860 bits per heavy atom. The number of amides is 1. The summed E-state index contributed by atoms with van der Waals surface area (Å²) in [7, 11) is -3.33. The van der Waals surface area contributed by atoms with Crippen LogP contribution in [0.15, 0.2) is 102 Å². The zero-order valence-corrected chi connectivity index (χ0v) is 33.7. The van der Waals surface area contributed by atoms with E-state index in [1.54, 1.807) is 36.4 Å². The van der Waals surface area contributed by atoms with Crippen LogP contribution in [-0.4, -0.2) is 93.9 Å². The Hall–Kier alpha value is -5.10. The van der Waals surface area contributed by atoms with Gasteiger partial charge in [0.25, 0.3) is 5.91 Å². The van der Waals surface area contributed by atoms with Gasteiger partial charge >= 0.3 is 0 Å². The maximum Gasteiger partial charge on any atom is 0.251 e. The van der Waals surface area contributed by atoms with Crippen molar-refractivity contribution in [2.24, 2.45) is 11.8 Å². The molecule has 3 aliphatic rings. The van der Waals surface area contributed by atoms with Gasteiger partial charge in [0.05, 0.1) is 11.5 Å². The van der Waals surface area contributed by atoms with Crippen LogP contribution in [0.25, 0.3) is 21.9 Å². The van der Waals surface area contributed by atoms with Crippen molar-refractivity contribution in [2.45, 2.75) is 44.2 Å². The lowest BCUT2D eigenvalue weighted by Gasteiger charge is -2.43. The predicted molar refractivity (Wildman–Crippen MR) is 225 cm³/mol. The summed E-state index contributed by atoms with van der Waals surface area (Å²) in [5.41, 5.74) is 4.31. The van der Waals surface area contributed by atoms with Crippen LogP contribution in [0.5, 0.6) is 23.0 Å². The lowest BCUT2D eigenvalue weighted by Crippen LogP contribution is -2.51. The van der Waals surface area contributed by atoms with E-state index in [-0.39, 0.29) is 16.6 Å². The second-order valence-electron chi connectivity index (χ2n) is 16.0. The number of carbonyl (C=O) groups excluding carboxylic acids is 1. The van der Waals surface area contributed by atoms with Gasteiger partial charge in [-0.05, 0) is 121 Å². The normalized spacial score (nSPS) is 20.8. The van der Waals surface area contributed by atoms with E-state index in [2.05, 4.69) is 34.6 Å². The molecule has 2 fully saturated rings. The molecule has 1 unspecified atom stereocenters.